The molecule has 5 nitrogen and oxygen atoms in total. The van der Waals surface area contributed by atoms with Gasteiger partial charge in [-0.1, -0.05) is 29.8 Å². The number of amides is 1. The summed E-state index contributed by atoms with van der Waals surface area (Å²) in [7, 11) is 0. The Hall–Kier alpha value is -3.34. The number of furan rings is 1. The maximum absolute atomic E-state index is 12.5. The number of nitrogens with one attached hydrogen (secondary N) is 1. The van der Waals surface area contributed by atoms with Crippen molar-refractivity contribution in [2.75, 3.05) is 0 Å². The zero-order chi connectivity index (χ0) is 20.7. The van der Waals surface area contributed by atoms with Gasteiger partial charge < -0.3 is 14.2 Å². The van der Waals surface area contributed by atoms with Gasteiger partial charge in [-0.3, -0.25) is 4.79 Å². The van der Waals surface area contributed by atoms with Crippen molar-refractivity contribution in [1.29, 1.82) is 0 Å². The summed E-state index contributed by atoms with van der Waals surface area (Å²) in [5.74, 6) is 0.628. The van der Waals surface area contributed by atoms with E-state index in [-0.39, 0.29) is 12.3 Å². The Labute approximate surface area is 168 Å². The third-order valence-electron chi connectivity index (χ3n) is 5.53. The lowest BCUT2D eigenvalue weighted by molar-refractivity contribution is -0.120. The van der Waals surface area contributed by atoms with Crippen LogP contribution in [0.1, 0.15) is 33.6 Å². The monoisotopic (exact) mass is 389 g/mol. The molecule has 0 bridgehead atoms. The summed E-state index contributed by atoms with van der Waals surface area (Å²) in [6.45, 7) is 8.21. The molecular weight excluding hydrogens is 366 g/mol. The second kappa shape index (κ2) is 7.24. The van der Waals surface area contributed by atoms with Gasteiger partial charge in [-0.05, 0) is 50.5 Å². The minimum atomic E-state index is -0.486. The number of rotatable bonds is 4. The quantitative estimate of drug-likeness (QED) is 0.517. The van der Waals surface area contributed by atoms with Crippen molar-refractivity contribution in [3.63, 3.8) is 0 Å². The van der Waals surface area contributed by atoms with Gasteiger partial charge in [0.1, 0.15) is 16.9 Å². The van der Waals surface area contributed by atoms with Crippen LogP contribution in [0.4, 0.5) is 0 Å². The Morgan fingerprint density at radius 1 is 0.897 bits per heavy atom. The molecule has 2 aromatic carbocycles. The molecule has 0 aliphatic heterocycles. The van der Waals surface area contributed by atoms with E-state index in [1.807, 2.05) is 58.0 Å². The fourth-order valence-corrected chi connectivity index (χ4v) is 3.56. The SMILES string of the molecule is Cc1ccc(CNC(=O)Cc2c(C)c3cc4c(C)c(C)oc4cc3oc2=O)cc1. The van der Waals surface area contributed by atoms with Crippen molar-refractivity contribution in [2.45, 2.75) is 40.7 Å². The van der Waals surface area contributed by atoms with Crippen molar-refractivity contribution >= 4 is 27.8 Å². The molecule has 5 heteroatoms. The molecule has 0 unspecified atom stereocenters. The molecule has 0 saturated carbocycles. The highest BCUT2D eigenvalue weighted by atomic mass is 16.4. The van der Waals surface area contributed by atoms with Crippen molar-refractivity contribution in [3.05, 3.63) is 80.4 Å². The predicted molar refractivity (Wildman–Crippen MR) is 113 cm³/mol. The van der Waals surface area contributed by atoms with Crippen LogP contribution >= 0.6 is 0 Å². The molecule has 0 radical (unpaired) electrons. The summed E-state index contributed by atoms with van der Waals surface area (Å²) in [5, 5.41) is 4.69. The van der Waals surface area contributed by atoms with Crippen LogP contribution in [-0.4, -0.2) is 5.91 Å². The molecule has 4 rings (SSSR count). The van der Waals surface area contributed by atoms with Crippen LogP contribution in [0, 0.1) is 27.7 Å². The van der Waals surface area contributed by atoms with Gasteiger partial charge in [0.05, 0.1) is 12.0 Å². The van der Waals surface area contributed by atoms with E-state index < -0.39 is 5.63 Å². The molecule has 0 aliphatic carbocycles. The van der Waals surface area contributed by atoms with E-state index in [0.29, 0.717) is 23.3 Å². The molecule has 0 atom stereocenters. The number of carbonyl (C=O) groups excluding carboxylic acids is 1. The first-order chi connectivity index (χ1) is 13.8. The minimum Gasteiger partial charge on any atom is -0.461 e. The van der Waals surface area contributed by atoms with Gasteiger partial charge in [-0.2, -0.15) is 0 Å². The second-order valence-electron chi connectivity index (χ2n) is 7.56. The zero-order valence-electron chi connectivity index (χ0n) is 17.0. The van der Waals surface area contributed by atoms with Crippen LogP contribution in [0.2, 0.25) is 0 Å². The molecule has 29 heavy (non-hydrogen) atoms. The maximum Gasteiger partial charge on any atom is 0.340 e. The normalized spacial score (nSPS) is 11.3. The van der Waals surface area contributed by atoms with Gasteiger partial charge >= 0.3 is 5.63 Å². The summed E-state index contributed by atoms with van der Waals surface area (Å²) in [6, 6.07) is 11.7. The largest absolute Gasteiger partial charge is 0.461 e. The summed E-state index contributed by atoms with van der Waals surface area (Å²) in [4.78, 5) is 25.0. The fourth-order valence-electron chi connectivity index (χ4n) is 3.56. The standard InChI is InChI=1S/C24H23NO4/c1-13-5-7-17(8-6-13)12-25-23(26)10-20-15(3)19-9-18-14(2)16(4)28-21(18)11-22(19)29-24(20)27/h5-9,11H,10,12H2,1-4H3,(H,25,26). The summed E-state index contributed by atoms with van der Waals surface area (Å²) < 4.78 is 11.2. The van der Waals surface area contributed by atoms with Crippen LogP contribution in [-0.2, 0) is 17.8 Å². The Morgan fingerprint density at radius 2 is 1.55 bits per heavy atom. The van der Waals surface area contributed by atoms with Crippen LogP contribution in [0.3, 0.4) is 0 Å². The molecule has 1 amide bonds. The first-order valence-electron chi connectivity index (χ1n) is 9.62. The Morgan fingerprint density at radius 3 is 2.28 bits per heavy atom. The zero-order valence-corrected chi connectivity index (χ0v) is 17.0. The lowest BCUT2D eigenvalue weighted by Crippen LogP contribution is -2.27. The van der Waals surface area contributed by atoms with Gasteiger partial charge in [-0.15, -0.1) is 0 Å². The van der Waals surface area contributed by atoms with Crippen molar-refractivity contribution in [2.24, 2.45) is 0 Å². The number of hydrogen-bond donors (Lipinski definition) is 1. The van der Waals surface area contributed by atoms with E-state index in [1.54, 1.807) is 6.07 Å². The molecule has 2 heterocycles. The first kappa shape index (κ1) is 19.0. The molecule has 0 fully saturated rings. The minimum absolute atomic E-state index is 0.0165. The van der Waals surface area contributed by atoms with Gasteiger partial charge in [-0.25, -0.2) is 4.79 Å². The van der Waals surface area contributed by atoms with Gasteiger partial charge in [0, 0.05) is 23.4 Å². The summed E-state index contributed by atoms with van der Waals surface area (Å²) in [5.41, 5.74) is 5.07. The number of carbonyl (C=O) groups is 1. The topological polar surface area (TPSA) is 72.5 Å². The molecule has 148 valence electrons. The van der Waals surface area contributed by atoms with Crippen molar-refractivity contribution < 1.29 is 13.6 Å². The van der Waals surface area contributed by atoms with Crippen LogP contribution in [0.25, 0.3) is 21.9 Å². The Balaban J connectivity index is 1.63. The lowest BCUT2D eigenvalue weighted by Gasteiger charge is -2.09. The third kappa shape index (κ3) is 3.56. The van der Waals surface area contributed by atoms with E-state index in [2.05, 4.69) is 5.32 Å². The Bertz CT molecular complexity index is 1290. The highest BCUT2D eigenvalue weighted by molar-refractivity contribution is 5.97. The highest BCUT2D eigenvalue weighted by Crippen LogP contribution is 2.30. The van der Waals surface area contributed by atoms with E-state index in [4.69, 9.17) is 8.83 Å². The van der Waals surface area contributed by atoms with E-state index >= 15 is 0 Å². The Kier molecular flexibility index (Phi) is 4.74. The molecule has 4 aromatic rings. The summed E-state index contributed by atoms with van der Waals surface area (Å²) >= 11 is 0. The van der Waals surface area contributed by atoms with Gasteiger partial charge in [0.15, 0.2) is 0 Å². The fraction of sp³-hybridized carbons (Fsp3) is 0.250. The van der Waals surface area contributed by atoms with Gasteiger partial charge in [0.2, 0.25) is 5.91 Å². The number of aryl methyl sites for hydroxylation is 4. The smallest absolute Gasteiger partial charge is 0.340 e. The number of fused-ring (bicyclic) bond motifs is 2. The van der Waals surface area contributed by atoms with Crippen LogP contribution in [0.5, 0.6) is 0 Å². The first-order valence-corrected chi connectivity index (χ1v) is 9.62. The molecule has 0 saturated heterocycles. The van der Waals surface area contributed by atoms with E-state index in [1.165, 1.54) is 5.56 Å². The summed E-state index contributed by atoms with van der Waals surface area (Å²) in [6.07, 6.45) is -0.0165. The van der Waals surface area contributed by atoms with Crippen LogP contribution in [0.15, 0.2) is 50.0 Å². The van der Waals surface area contributed by atoms with Crippen molar-refractivity contribution in [1.82, 2.24) is 5.32 Å². The van der Waals surface area contributed by atoms with Crippen LogP contribution < -0.4 is 10.9 Å². The number of benzene rings is 2. The molecule has 0 aliphatic rings. The average Bonchev–Trinajstić information content (AvgIpc) is 2.96. The number of hydrogen-bond acceptors (Lipinski definition) is 4. The van der Waals surface area contributed by atoms with E-state index in [9.17, 15) is 9.59 Å². The predicted octanol–water partition coefficient (Wildman–Crippen LogP) is 4.63. The maximum atomic E-state index is 12.5. The lowest BCUT2D eigenvalue weighted by atomic mass is 10.0. The molecule has 1 N–H and O–H groups in total. The molecule has 2 aromatic heterocycles. The molecular formula is C24H23NO4. The second-order valence-corrected chi connectivity index (χ2v) is 7.56. The molecule has 0 spiro atoms. The highest BCUT2D eigenvalue weighted by Gasteiger charge is 2.17. The van der Waals surface area contributed by atoms with E-state index in [0.717, 1.165) is 33.2 Å². The average molecular weight is 389 g/mol. The van der Waals surface area contributed by atoms with Gasteiger partial charge in [0.25, 0.3) is 0 Å². The third-order valence-corrected chi connectivity index (χ3v) is 5.53. The van der Waals surface area contributed by atoms with Crippen molar-refractivity contribution in [3.8, 4) is 0 Å².